The molecule has 118 valence electrons. The normalized spacial score (nSPS) is 20.1. The average molecular weight is 290 g/mol. The van der Waals surface area contributed by atoms with Crippen LogP contribution in [0.5, 0.6) is 0 Å². The Balaban J connectivity index is 2.30. The summed E-state index contributed by atoms with van der Waals surface area (Å²) in [6.07, 6.45) is 2.49. The standard InChI is InChI=1S/C17H30N4/c1-17(2,3)15-9-13(11-18)10-16(19-15)21-8-6-7-14(12-21)20(4)5/h9-10,14H,6-8,11-12,18H2,1-5H3. The van der Waals surface area contributed by atoms with Crippen LogP contribution in [0.2, 0.25) is 0 Å². The SMILES string of the molecule is CN(C)C1CCCN(c2cc(CN)cc(C(C)(C)C)n2)C1. The van der Waals surface area contributed by atoms with Crippen LogP contribution in [-0.2, 0) is 12.0 Å². The number of rotatable bonds is 3. The summed E-state index contributed by atoms with van der Waals surface area (Å²) in [5, 5.41) is 0. The first kappa shape index (κ1) is 16.2. The zero-order chi connectivity index (χ0) is 15.6. The maximum atomic E-state index is 5.88. The van der Waals surface area contributed by atoms with Gasteiger partial charge >= 0.3 is 0 Å². The lowest BCUT2D eigenvalue weighted by atomic mass is 9.90. The van der Waals surface area contributed by atoms with Crippen molar-refractivity contribution >= 4 is 5.82 Å². The Bertz CT molecular complexity index is 476. The van der Waals surface area contributed by atoms with E-state index in [0.29, 0.717) is 12.6 Å². The predicted molar refractivity (Wildman–Crippen MR) is 89.8 cm³/mol. The van der Waals surface area contributed by atoms with Crippen LogP contribution >= 0.6 is 0 Å². The smallest absolute Gasteiger partial charge is 0.129 e. The summed E-state index contributed by atoms with van der Waals surface area (Å²) in [6.45, 7) is 9.34. The molecule has 0 bridgehead atoms. The highest BCUT2D eigenvalue weighted by Crippen LogP contribution is 2.27. The molecule has 4 heteroatoms. The van der Waals surface area contributed by atoms with Crippen molar-refractivity contribution in [3.05, 3.63) is 23.4 Å². The fourth-order valence-electron chi connectivity index (χ4n) is 2.82. The van der Waals surface area contributed by atoms with Crippen LogP contribution in [0, 0.1) is 0 Å². The summed E-state index contributed by atoms with van der Waals surface area (Å²) in [5.74, 6) is 1.09. The highest BCUT2D eigenvalue weighted by molar-refractivity contribution is 5.44. The lowest BCUT2D eigenvalue weighted by molar-refractivity contribution is 0.257. The number of nitrogens with zero attached hydrogens (tertiary/aromatic N) is 3. The van der Waals surface area contributed by atoms with Gasteiger partial charge in [-0.05, 0) is 44.6 Å². The molecule has 2 rings (SSSR count). The van der Waals surface area contributed by atoms with Crippen molar-refractivity contribution in [3.8, 4) is 0 Å². The summed E-state index contributed by atoms with van der Waals surface area (Å²) in [6, 6.07) is 4.92. The highest BCUT2D eigenvalue weighted by Gasteiger charge is 2.24. The second-order valence-corrected chi connectivity index (χ2v) is 7.38. The van der Waals surface area contributed by atoms with Crippen molar-refractivity contribution in [1.82, 2.24) is 9.88 Å². The minimum atomic E-state index is 0.0522. The third-order valence-electron chi connectivity index (χ3n) is 4.33. The van der Waals surface area contributed by atoms with Gasteiger partial charge in [-0.3, -0.25) is 0 Å². The second-order valence-electron chi connectivity index (χ2n) is 7.38. The molecule has 2 N–H and O–H groups in total. The fourth-order valence-corrected chi connectivity index (χ4v) is 2.82. The molecule has 0 saturated carbocycles. The van der Waals surface area contributed by atoms with Crippen LogP contribution in [0.1, 0.15) is 44.9 Å². The lowest BCUT2D eigenvalue weighted by Gasteiger charge is -2.37. The predicted octanol–water partition coefficient (Wildman–Crippen LogP) is 2.37. The van der Waals surface area contributed by atoms with Crippen LogP contribution < -0.4 is 10.6 Å². The van der Waals surface area contributed by atoms with Gasteiger partial charge in [-0.25, -0.2) is 4.98 Å². The number of aromatic nitrogens is 1. The quantitative estimate of drug-likeness (QED) is 0.928. The molecular weight excluding hydrogens is 260 g/mol. The molecule has 0 spiro atoms. The largest absolute Gasteiger partial charge is 0.355 e. The minimum Gasteiger partial charge on any atom is -0.355 e. The third kappa shape index (κ3) is 3.95. The Labute approximate surface area is 129 Å². The van der Waals surface area contributed by atoms with E-state index in [1.807, 2.05) is 0 Å². The first-order valence-corrected chi connectivity index (χ1v) is 7.94. The Morgan fingerprint density at radius 1 is 1.33 bits per heavy atom. The zero-order valence-electron chi connectivity index (χ0n) is 14.2. The van der Waals surface area contributed by atoms with Crippen LogP contribution in [0.4, 0.5) is 5.82 Å². The van der Waals surface area contributed by atoms with Crippen LogP contribution in [0.25, 0.3) is 0 Å². The highest BCUT2D eigenvalue weighted by atomic mass is 15.2. The molecule has 1 atom stereocenters. The second kappa shape index (κ2) is 6.32. The number of piperidine rings is 1. The van der Waals surface area contributed by atoms with Gasteiger partial charge in [0.05, 0.1) is 0 Å². The van der Waals surface area contributed by atoms with Gasteiger partial charge in [-0.2, -0.15) is 0 Å². The Morgan fingerprint density at radius 3 is 2.62 bits per heavy atom. The van der Waals surface area contributed by atoms with Gasteiger partial charge in [0.1, 0.15) is 5.82 Å². The van der Waals surface area contributed by atoms with Gasteiger partial charge in [-0.15, -0.1) is 0 Å². The molecule has 1 aliphatic rings. The van der Waals surface area contributed by atoms with E-state index in [4.69, 9.17) is 10.7 Å². The van der Waals surface area contributed by atoms with E-state index in [1.165, 1.54) is 18.4 Å². The molecule has 0 aliphatic carbocycles. The van der Waals surface area contributed by atoms with E-state index >= 15 is 0 Å². The number of anilines is 1. The van der Waals surface area contributed by atoms with Crippen molar-refractivity contribution in [2.75, 3.05) is 32.1 Å². The zero-order valence-corrected chi connectivity index (χ0v) is 14.2. The molecule has 1 fully saturated rings. The molecule has 1 aliphatic heterocycles. The van der Waals surface area contributed by atoms with Crippen LogP contribution in [-0.4, -0.2) is 43.1 Å². The number of hydrogen-bond acceptors (Lipinski definition) is 4. The fraction of sp³-hybridized carbons (Fsp3) is 0.706. The molecule has 21 heavy (non-hydrogen) atoms. The maximum Gasteiger partial charge on any atom is 0.129 e. The van der Waals surface area contributed by atoms with E-state index in [1.54, 1.807) is 0 Å². The molecule has 4 nitrogen and oxygen atoms in total. The molecule has 1 unspecified atom stereocenters. The van der Waals surface area contributed by atoms with Crippen molar-refractivity contribution in [2.24, 2.45) is 5.73 Å². The Morgan fingerprint density at radius 2 is 2.05 bits per heavy atom. The van der Waals surface area contributed by atoms with Crippen molar-refractivity contribution in [2.45, 2.75) is 51.6 Å². The molecule has 1 aromatic rings. The van der Waals surface area contributed by atoms with E-state index in [-0.39, 0.29) is 5.41 Å². The molecular formula is C17H30N4. The minimum absolute atomic E-state index is 0.0522. The van der Waals surface area contributed by atoms with Gasteiger partial charge in [0, 0.05) is 36.8 Å². The average Bonchev–Trinajstić information content (AvgIpc) is 2.46. The summed E-state index contributed by atoms with van der Waals surface area (Å²) in [7, 11) is 4.33. The van der Waals surface area contributed by atoms with E-state index in [0.717, 1.165) is 24.6 Å². The van der Waals surface area contributed by atoms with Gasteiger partial charge in [0.2, 0.25) is 0 Å². The topological polar surface area (TPSA) is 45.4 Å². The summed E-state index contributed by atoms with van der Waals surface area (Å²) in [4.78, 5) is 9.66. The van der Waals surface area contributed by atoms with Crippen LogP contribution in [0.15, 0.2) is 12.1 Å². The lowest BCUT2D eigenvalue weighted by Crippen LogP contribution is -2.45. The van der Waals surface area contributed by atoms with Gasteiger partial charge in [-0.1, -0.05) is 20.8 Å². The van der Waals surface area contributed by atoms with Gasteiger partial charge in [0.15, 0.2) is 0 Å². The summed E-state index contributed by atoms with van der Waals surface area (Å²) in [5.41, 5.74) is 8.24. The summed E-state index contributed by atoms with van der Waals surface area (Å²) < 4.78 is 0. The number of nitrogens with two attached hydrogens (primary N) is 1. The van der Waals surface area contributed by atoms with E-state index in [2.05, 4.69) is 56.8 Å². The summed E-state index contributed by atoms with van der Waals surface area (Å²) >= 11 is 0. The maximum absolute atomic E-state index is 5.88. The van der Waals surface area contributed by atoms with Gasteiger partial charge < -0.3 is 15.5 Å². The van der Waals surface area contributed by atoms with E-state index < -0.39 is 0 Å². The van der Waals surface area contributed by atoms with Gasteiger partial charge in [0.25, 0.3) is 0 Å². The monoisotopic (exact) mass is 290 g/mol. The third-order valence-corrected chi connectivity index (χ3v) is 4.33. The van der Waals surface area contributed by atoms with Crippen molar-refractivity contribution < 1.29 is 0 Å². The van der Waals surface area contributed by atoms with Crippen LogP contribution in [0.3, 0.4) is 0 Å². The Hall–Kier alpha value is -1.13. The number of hydrogen-bond donors (Lipinski definition) is 1. The first-order valence-electron chi connectivity index (χ1n) is 7.94. The first-order chi connectivity index (χ1) is 9.81. The van der Waals surface area contributed by atoms with Crippen molar-refractivity contribution in [3.63, 3.8) is 0 Å². The van der Waals surface area contributed by atoms with Crippen molar-refractivity contribution in [1.29, 1.82) is 0 Å². The molecule has 0 radical (unpaired) electrons. The van der Waals surface area contributed by atoms with E-state index in [9.17, 15) is 0 Å². The number of pyridine rings is 1. The molecule has 0 aromatic carbocycles. The molecule has 0 amide bonds. The molecule has 2 heterocycles. The molecule has 1 saturated heterocycles. The Kier molecular flexibility index (Phi) is 4.89. The number of likely N-dealkylation sites (N-methyl/N-ethyl adjacent to an activating group) is 1. The molecule has 1 aromatic heterocycles.